The van der Waals surface area contributed by atoms with E-state index in [-0.39, 0.29) is 5.82 Å². The molecule has 0 bridgehead atoms. The van der Waals surface area contributed by atoms with Crippen molar-refractivity contribution in [3.05, 3.63) is 35.6 Å². The van der Waals surface area contributed by atoms with E-state index in [0.717, 1.165) is 38.2 Å². The second-order valence-corrected chi connectivity index (χ2v) is 5.08. The maximum absolute atomic E-state index is 13.2. The first-order valence-electron chi connectivity index (χ1n) is 6.99. The van der Waals surface area contributed by atoms with Crippen LogP contribution in [0.2, 0.25) is 0 Å². The number of benzene rings is 1. The topological polar surface area (TPSA) is 15.3 Å². The molecule has 1 heterocycles. The monoisotopic (exact) mass is 250 g/mol. The smallest absolute Gasteiger partial charge is 0.123 e. The van der Waals surface area contributed by atoms with E-state index in [1.54, 1.807) is 12.1 Å². The lowest BCUT2D eigenvalue weighted by Gasteiger charge is -2.34. The third-order valence-corrected chi connectivity index (χ3v) is 3.61. The molecule has 0 radical (unpaired) electrons. The van der Waals surface area contributed by atoms with Crippen LogP contribution < -0.4 is 5.32 Å². The Kier molecular flexibility index (Phi) is 5.14. The lowest BCUT2D eigenvalue weighted by molar-refractivity contribution is 0.154. The molecule has 0 spiro atoms. The number of nitrogens with zero attached hydrogens (tertiary/aromatic N) is 1. The van der Waals surface area contributed by atoms with Crippen LogP contribution in [0.4, 0.5) is 4.39 Å². The van der Waals surface area contributed by atoms with E-state index in [4.69, 9.17) is 0 Å². The summed E-state index contributed by atoms with van der Waals surface area (Å²) in [6, 6.07) is 7.64. The fourth-order valence-corrected chi connectivity index (χ4v) is 2.72. The molecule has 1 aromatic rings. The van der Waals surface area contributed by atoms with Crippen molar-refractivity contribution in [1.29, 1.82) is 0 Å². The molecule has 0 atom stereocenters. The highest BCUT2D eigenvalue weighted by Gasteiger charge is 2.20. The van der Waals surface area contributed by atoms with Gasteiger partial charge in [0.2, 0.25) is 0 Å². The zero-order valence-corrected chi connectivity index (χ0v) is 11.2. The van der Waals surface area contributed by atoms with E-state index in [2.05, 4.69) is 17.1 Å². The van der Waals surface area contributed by atoms with Gasteiger partial charge >= 0.3 is 0 Å². The van der Waals surface area contributed by atoms with Crippen molar-refractivity contribution in [2.75, 3.05) is 19.6 Å². The van der Waals surface area contributed by atoms with E-state index in [0.29, 0.717) is 6.04 Å². The summed E-state index contributed by atoms with van der Waals surface area (Å²) in [6.45, 7) is 6.39. The Morgan fingerprint density at radius 1 is 1.33 bits per heavy atom. The molecule has 1 saturated heterocycles. The number of halogens is 1. The summed E-state index contributed by atoms with van der Waals surface area (Å²) in [5.74, 6) is -0.130. The third-order valence-electron chi connectivity index (χ3n) is 3.61. The molecule has 1 aromatic carbocycles. The minimum Gasteiger partial charge on any atom is -0.317 e. The van der Waals surface area contributed by atoms with Gasteiger partial charge in [0.25, 0.3) is 0 Å². The highest BCUT2D eigenvalue weighted by Crippen LogP contribution is 2.16. The van der Waals surface area contributed by atoms with E-state index in [1.165, 1.54) is 18.9 Å². The molecule has 100 valence electrons. The Hall–Kier alpha value is -0.930. The average molecular weight is 250 g/mol. The van der Waals surface area contributed by atoms with Crippen LogP contribution in [0, 0.1) is 5.82 Å². The normalized spacial score (nSPS) is 17.3. The van der Waals surface area contributed by atoms with E-state index in [1.807, 2.05) is 6.07 Å². The predicted octanol–water partition coefficient (Wildman–Crippen LogP) is 2.79. The first-order chi connectivity index (χ1) is 8.79. The standard InChI is InChI=1S/C15H23FN2/c1-2-10-18(15-6-8-17-9-7-15)12-13-4-3-5-14(16)11-13/h3-5,11,15,17H,2,6-10,12H2,1H3. The van der Waals surface area contributed by atoms with Crippen molar-refractivity contribution >= 4 is 0 Å². The van der Waals surface area contributed by atoms with Gasteiger partial charge in [-0.2, -0.15) is 0 Å². The molecule has 1 aliphatic heterocycles. The van der Waals surface area contributed by atoms with Crippen LogP contribution in [0.15, 0.2) is 24.3 Å². The summed E-state index contributed by atoms with van der Waals surface area (Å²) in [4.78, 5) is 2.51. The van der Waals surface area contributed by atoms with Gasteiger partial charge in [-0.1, -0.05) is 19.1 Å². The fraction of sp³-hybridized carbons (Fsp3) is 0.600. The molecule has 0 aromatic heterocycles. The van der Waals surface area contributed by atoms with Gasteiger partial charge in [-0.25, -0.2) is 4.39 Å². The second-order valence-electron chi connectivity index (χ2n) is 5.08. The van der Waals surface area contributed by atoms with Crippen LogP contribution in [-0.2, 0) is 6.54 Å². The van der Waals surface area contributed by atoms with Crippen LogP contribution in [-0.4, -0.2) is 30.6 Å². The van der Waals surface area contributed by atoms with Crippen LogP contribution in [0.5, 0.6) is 0 Å². The highest BCUT2D eigenvalue weighted by atomic mass is 19.1. The maximum Gasteiger partial charge on any atom is 0.123 e. The van der Waals surface area contributed by atoms with E-state index >= 15 is 0 Å². The summed E-state index contributed by atoms with van der Waals surface area (Å²) >= 11 is 0. The molecule has 0 aliphatic carbocycles. The van der Waals surface area contributed by atoms with Crippen LogP contribution >= 0.6 is 0 Å². The van der Waals surface area contributed by atoms with Crippen LogP contribution in [0.25, 0.3) is 0 Å². The summed E-state index contributed by atoms with van der Waals surface area (Å²) in [6.07, 6.45) is 3.56. The van der Waals surface area contributed by atoms with Crippen molar-refractivity contribution < 1.29 is 4.39 Å². The van der Waals surface area contributed by atoms with Crippen molar-refractivity contribution in [3.8, 4) is 0 Å². The minimum absolute atomic E-state index is 0.130. The SMILES string of the molecule is CCCN(Cc1cccc(F)c1)C1CCNCC1. The van der Waals surface area contributed by atoms with Crippen LogP contribution in [0.1, 0.15) is 31.7 Å². The maximum atomic E-state index is 13.2. The molecule has 0 amide bonds. The summed E-state index contributed by atoms with van der Waals surface area (Å²) < 4.78 is 13.2. The Balaban J connectivity index is 2.00. The minimum atomic E-state index is -0.130. The van der Waals surface area contributed by atoms with Gasteiger partial charge in [0.15, 0.2) is 0 Å². The van der Waals surface area contributed by atoms with Gasteiger partial charge in [0, 0.05) is 12.6 Å². The van der Waals surface area contributed by atoms with Crippen molar-refractivity contribution in [2.24, 2.45) is 0 Å². The molecule has 1 aliphatic rings. The lowest BCUT2D eigenvalue weighted by Crippen LogP contribution is -2.43. The molecule has 1 fully saturated rings. The molecule has 0 saturated carbocycles. The molecule has 0 unspecified atom stereocenters. The third kappa shape index (κ3) is 3.79. The van der Waals surface area contributed by atoms with Crippen LogP contribution in [0.3, 0.4) is 0 Å². The zero-order valence-electron chi connectivity index (χ0n) is 11.2. The van der Waals surface area contributed by atoms with E-state index < -0.39 is 0 Å². The molecular formula is C15H23FN2. The second kappa shape index (κ2) is 6.86. The quantitative estimate of drug-likeness (QED) is 0.864. The number of piperidine rings is 1. The number of hydrogen-bond donors (Lipinski definition) is 1. The molecule has 2 nitrogen and oxygen atoms in total. The van der Waals surface area contributed by atoms with Gasteiger partial charge in [-0.15, -0.1) is 0 Å². The van der Waals surface area contributed by atoms with E-state index in [9.17, 15) is 4.39 Å². The highest BCUT2D eigenvalue weighted by molar-refractivity contribution is 5.16. The number of hydrogen-bond acceptors (Lipinski definition) is 2. The Morgan fingerprint density at radius 3 is 2.78 bits per heavy atom. The summed E-state index contributed by atoms with van der Waals surface area (Å²) in [5, 5.41) is 3.40. The molecule has 2 rings (SSSR count). The number of nitrogens with one attached hydrogen (secondary N) is 1. The average Bonchev–Trinajstić information content (AvgIpc) is 2.39. The van der Waals surface area contributed by atoms with Gasteiger partial charge < -0.3 is 5.32 Å². The lowest BCUT2D eigenvalue weighted by atomic mass is 10.0. The first-order valence-corrected chi connectivity index (χ1v) is 6.99. The molecule has 18 heavy (non-hydrogen) atoms. The number of rotatable bonds is 5. The van der Waals surface area contributed by atoms with Crippen molar-refractivity contribution in [2.45, 2.75) is 38.8 Å². The largest absolute Gasteiger partial charge is 0.317 e. The Morgan fingerprint density at radius 2 is 2.11 bits per heavy atom. The Labute approximate surface area is 109 Å². The summed E-state index contributed by atoms with van der Waals surface area (Å²) in [5.41, 5.74) is 1.09. The fourth-order valence-electron chi connectivity index (χ4n) is 2.72. The molecule has 1 N–H and O–H groups in total. The van der Waals surface area contributed by atoms with Crippen molar-refractivity contribution in [1.82, 2.24) is 10.2 Å². The zero-order chi connectivity index (χ0) is 12.8. The van der Waals surface area contributed by atoms with Gasteiger partial charge in [0.1, 0.15) is 5.82 Å². The van der Waals surface area contributed by atoms with Crippen molar-refractivity contribution in [3.63, 3.8) is 0 Å². The van der Waals surface area contributed by atoms with Gasteiger partial charge in [0.05, 0.1) is 0 Å². The first kappa shape index (κ1) is 13.5. The molecular weight excluding hydrogens is 227 g/mol. The molecule has 3 heteroatoms. The Bertz CT molecular complexity index is 361. The summed E-state index contributed by atoms with van der Waals surface area (Å²) in [7, 11) is 0. The van der Waals surface area contributed by atoms with Gasteiger partial charge in [-0.3, -0.25) is 4.90 Å². The predicted molar refractivity (Wildman–Crippen MR) is 73.0 cm³/mol. The van der Waals surface area contributed by atoms with Gasteiger partial charge in [-0.05, 0) is 56.6 Å².